The molecular formula is C18H23F3N2O4. The van der Waals surface area contributed by atoms with Crippen molar-refractivity contribution in [3.8, 4) is 0 Å². The third-order valence-corrected chi connectivity index (χ3v) is 4.16. The van der Waals surface area contributed by atoms with Crippen molar-refractivity contribution in [2.45, 2.75) is 38.4 Å². The Balaban J connectivity index is 0.00000114. The Labute approximate surface area is 155 Å². The van der Waals surface area contributed by atoms with Gasteiger partial charge in [0.1, 0.15) is 6.04 Å². The summed E-state index contributed by atoms with van der Waals surface area (Å²) in [5, 5.41) is 6.89. The second-order valence-electron chi connectivity index (χ2n) is 6.08. The molecule has 0 spiro atoms. The number of hydrogen-bond acceptors (Lipinski definition) is 3. The van der Waals surface area contributed by atoms with Gasteiger partial charge in [-0.25, -0.2) is 0 Å². The monoisotopic (exact) mass is 388 g/mol. The highest BCUT2D eigenvalue weighted by molar-refractivity contribution is 5.94. The lowest BCUT2D eigenvalue weighted by Gasteiger charge is -2.39. The molecule has 1 aliphatic rings. The van der Waals surface area contributed by atoms with Crippen molar-refractivity contribution in [3.63, 3.8) is 0 Å². The molecule has 2 rings (SSSR count). The van der Waals surface area contributed by atoms with E-state index in [4.69, 9.17) is 9.90 Å². The summed E-state index contributed by atoms with van der Waals surface area (Å²) in [4.78, 5) is 35.7. The van der Waals surface area contributed by atoms with Crippen LogP contribution in [0.15, 0.2) is 30.3 Å². The van der Waals surface area contributed by atoms with Gasteiger partial charge in [-0.2, -0.15) is 13.2 Å². The molecule has 0 bridgehead atoms. The molecule has 2 amide bonds. The van der Waals surface area contributed by atoms with E-state index in [-0.39, 0.29) is 37.8 Å². The number of alkyl halides is 3. The molecule has 1 aliphatic heterocycles. The quantitative estimate of drug-likeness (QED) is 0.759. The normalized spacial score (nSPS) is 17.4. The fourth-order valence-corrected chi connectivity index (χ4v) is 2.81. The molecule has 0 aliphatic carbocycles. The molecule has 9 heteroatoms. The number of carbonyl (C=O) groups excluding carboxylic acids is 2. The van der Waals surface area contributed by atoms with Gasteiger partial charge in [0.15, 0.2) is 0 Å². The van der Waals surface area contributed by atoms with Crippen molar-refractivity contribution < 1.29 is 32.7 Å². The van der Waals surface area contributed by atoms with Gasteiger partial charge >= 0.3 is 6.18 Å². The number of halogens is 3. The molecule has 1 atom stereocenters. The average Bonchev–Trinajstić information content (AvgIpc) is 2.60. The van der Waals surface area contributed by atoms with Crippen molar-refractivity contribution in [3.05, 3.63) is 35.9 Å². The highest BCUT2D eigenvalue weighted by atomic mass is 19.4. The van der Waals surface area contributed by atoms with Crippen molar-refractivity contribution in [1.29, 1.82) is 0 Å². The molecule has 1 saturated heterocycles. The maximum absolute atomic E-state index is 12.4. The topological polar surface area (TPSA) is 77.9 Å². The average molecular weight is 388 g/mol. The molecule has 1 aromatic rings. The van der Waals surface area contributed by atoms with E-state index in [9.17, 15) is 22.8 Å². The second kappa shape index (κ2) is 10.5. The number of benzene rings is 1. The number of nitrogens with zero attached hydrogens (tertiary/aromatic N) is 2. The zero-order valence-corrected chi connectivity index (χ0v) is 15.0. The SMILES string of the molecule is C[C@H]1C(=O)N(CCc2ccccc2)CC(=O)N1CCCC(F)(F)F.O=CO. The Bertz CT molecular complexity index is 623. The molecule has 1 heterocycles. The number of carboxylic acid groups (broad SMARTS) is 1. The van der Waals surface area contributed by atoms with Crippen LogP contribution >= 0.6 is 0 Å². The summed E-state index contributed by atoms with van der Waals surface area (Å²) < 4.78 is 36.7. The molecule has 0 aromatic heterocycles. The number of piperazine rings is 1. The van der Waals surface area contributed by atoms with E-state index in [1.165, 1.54) is 9.80 Å². The van der Waals surface area contributed by atoms with Gasteiger partial charge in [-0.15, -0.1) is 0 Å². The van der Waals surface area contributed by atoms with Crippen LogP contribution < -0.4 is 0 Å². The number of hydrogen-bond donors (Lipinski definition) is 1. The van der Waals surface area contributed by atoms with Gasteiger partial charge in [0.2, 0.25) is 11.8 Å². The Hall–Kier alpha value is -2.58. The molecule has 0 unspecified atom stereocenters. The molecular weight excluding hydrogens is 365 g/mol. The summed E-state index contributed by atoms with van der Waals surface area (Å²) >= 11 is 0. The predicted molar refractivity (Wildman–Crippen MR) is 91.9 cm³/mol. The van der Waals surface area contributed by atoms with Crippen molar-refractivity contribution in [2.75, 3.05) is 19.6 Å². The van der Waals surface area contributed by atoms with E-state index in [1.54, 1.807) is 6.92 Å². The molecule has 1 fully saturated rings. The largest absolute Gasteiger partial charge is 0.483 e. The lowest BCUT2D eigenvalue weighted by molar-refractivity contribution is -0.156. The molecule has 0 radical (unpaired) electrons. The zero-order chi connectivity index (χ0) is 20.4. The first-order valence-corrected chi connectivity index (χ1v) is 8.46. The van der Waals surface area contributed by atoms with Gasteiger partial charge < -0.3 is 14.9 Å². The predicted octanol–water partition coefficient (Wildman–Crippen LogP) is 2.33. The minimum absolute atomic E-state index is 0.0439. The van der Waals surface area contributed by atoms with Crippen molar-refractivity contribution in [1.82, 2.24) is 9.80 Å². The van der Waals surface area contributed by atoms with Gasteiger partial charge in [0, 0.05) is 19.5 Å². The van der Waals surface area contributed by atoms with Gasteiger partial charge in [-0.05, 0) is 25.3 Å². The lowest BCUT2D eigenvalue weighted by Crippen LogP contribution is -2.59. The van der Waals surface area contributed by atoms with Gasteiger partial charge in [-0.3, -0.25) is 14.4 Å². The van der Waals surface area contributed by atoms with Crippen LogP contribution in [-0.4, -0.2) is 65.0 Å². The third kappa shape index (κ3) is 7.67. The first-order valence-electron chi connectivity index (χ1n) is 8.46. The Morgan fingerprint density at radius 1 is 1.19 bits per heavy atom. The van der Waals surface area contributed by atoms with Crippen LogP contribution in [0.1, 0.15) is 25.3 Å². The minimum Gasteiger partial charge on any atom is -0.483 e. The highest BCUT2D eigenvalue weighted by Crippen LogP contribution is 2.22. The minimum atomic E-state index is -4.24. The van der Waals surface area contributed by atoms with Crippen molar-refractivity contribution in [2.24, 2.45) is 0 Å². The summed E-state index contributed by atoms with van der Waals surface area (Å²) in [6.07, 6.45) is -4.74. The van der Waals surface area contributed by atoms with Crippen LogP contribution in [0.25, 0.3) is 0 Å². The van der Waals surface area contributed by atoms with Crippen LogP contribution in [0.3, 0.4) is 0 Å². The maximum Gasteiger partial charge on any atom is 0.389 e. The lowest BCUT2D eigenvalue weighted by atomic mass is 10.1. The molecule has 1 aromatic carbocycles. The number of amides is 2. The number of carbonyl (C=O) groups is 3. The fraction of sp³-hybridized carbons (Fsp3) is 0.500. The van der Waals surface area contributed by atoms with E-state index >= 15 is 0 Å². The van der Waals surface area contributed by atoms with Crippen LogP contribution in [-0.2, 0) is 20.8 Å². The number of rotatable bonds is 6. The third-order valence-electron chi connectivity index (χ3n) is 4.16. The second-order valence-corrected chi connectivity index (χ2v) is 6.08. The van der Waals surface area contributed by atoms with Crippen molar-refractivity contribution >= 4 is 18.3 Å². The van der Waals surface area contributed by atoms with E-state index in [0.29, 0.717) is 13.0 Å². The van der Waals surface area contributed by atoms with Crippen LogP contribution in [0.4, 0.5) is 13.2 Å². The van der Waals surface area contributed by atoms with E-state index in [2.05, 4.69) is 0 Å². The Kier molecular flexibility index (Phi) is 8.77. The standard InChI is InChI=1S/C17H21F3N2O2.CH2O2/c1-13-16(24)21(11-8-14-6-3-2-4-7-14)12-15(23)22(13)10-5-9-17(18,19)20;2-1-3/h2-4,6-7,13H,5,8-12H2,1H3;1H,(H,2,3)/t13-;/m0./s1. The Morgan fingerprint density at radius 3 is 2.33 bits per heavy atom. The summed E-state index contributed by atoms with van der Waals surface area (Å²) in [5.41, 5.74) is 1.07. The first kappa shape index (κ1) is 22.5. The Morgan fingerprint density at radius 2 is 1.78 bits per heavy atom. The maximum atomic E-state index is 12.4. The van der Waals surface area contributed by atoms with Crippen LogP contribution in [0.2, 0.25) is 0 Å². The van der Waals surface area contributed by atoms with E-state index in [1.807, 2.05) is 30.3 Å². The summed E-state index contributed by atoms with van der Waals surface area (Å²) in [7, 11) is 0. The summed E-state index contributed by atoms with van der Waals surface area (Å²) in [6, 6.07) is 8.90. The van der Waals surface area contributed by atoms with Gasteiger partial charge in [-0.1, -0.05) is 30.3 Å². The molecule has 1 N–H and O–H groups in total. The van der Waals surface area contributed by atoms with Crippen LogP contribution in [0.5, 0.6) is 0 Å². The highest BCUT2D eigenvalue weighted by Gasteiger charge is 2.36. The van der Waals surface area contributed by atoms with E-state index in [0.717, 1.165) is 5.56 Å². The molecule has 0 saturated carbocycles. The van der Waals surface area contributed by atoms with Gasteiger partial charge in [0.05, 0.1) is 6.54 Å². The summed E-state index contributed by atoms with van der Waals surface area (Å²) in [6.45, 7) is 1.64. The van der Waals surface area contributed by atoms with Gasteiger partial charge in [0.25, 0.3) is 6.47 Å². The van der Waals surface area contributed by atoms with Crippen LogP contribution in [0, 0.1) is 0 Å². The zero-order valence-electron chi connectivity index (χ0n) is 15.0. The first-order chi connectivity index (χ1) is 12.7. The fourth-order valence-electron chi connectivity index (χ4n) is 2.81. The van der Waals surface area contributed by atoms with E-state index < -0.39 is 18.6 Å². The summed E-state index contributed by atoms with van der Waals surface area (Å²) in [5.74, 6) is -0.505. The smallest absolute Gasteiger partial charge is 0.389 e. The molecule has 27 heavy (non-hydrogen) atoms. The molecule has 6 nitrogen and oxygen atoms in total. The molecule has 150 valence electrons.